The lowest BCUT2D eigenvalue weighted by Gasteiger charge is -2.41. The van der Waals surface area contributed by atoms with Crippen LogP contribution in [0.2, 0.25) is 0 Å². The van der Waals surface area contributed by atoms with Gasteiger partial charge in [0.05, 0.1) is 0 Å². The molecule has 1 aromatic heterocycles. The summed E-state index contributed by atoms with van der Waals surface area (Å²) in [5.41, 5.74) is -0.187. The smallest absolute Gasteiger partial charge is 0.273 e. The van der Waals surface area contributed by atoms with E-state index < -0.39 is 5.54 Å². The highest BCUT2D eigenvalue weighted by atomic mass is 16.5. The van der Waals surface area contributed by atoms with Crippen molar-refractivity contribution in [1.82, 2.24) is 20.5 Å². The maximum Gasteiger partial charge on any atom is 0.273 e. The third kappa shape index (κ3) is 3.60. The molecule has 0 unspecified atom stereocenters. The van der Waals surface area contributed by atoms with Crippen molar-refractivity contribution in [1.29, 1.82) is 0 Å². The molecule has 2 N–H and O–H groups in total. The number of ether oxygens (including phenoxy) is 1. The standard InChI is InChI=1S/C19H28N4O4/c1-13-16(20-12-27-13)17(24)21-15-10-19(6-2-3-7-23(19)11-15)18(25)22-14-4-8-26-9-5-14/h12,14-15H,2-11H2,1H3,(H,21,24)(H,22,25)/t15-,19-/m0/s1. The van der Waals surface area contributed by atoms with Crippen molar-refractivity contribution in [3.8, 4) is 0 Å². The van der Waals surface area contributed by atoms with Gasteiger partial charge >= 0.3 is 0 Å². The maximum absolute atomic E-state index is 13.3. The van der Waals surface area contributed by atoms with E-state index in [2.05, 4.69) is 20.5 Å². The Kier molecular flexibility index (Phi) is 5.19. The second-order valence-electron chi connectivity index (χ2n) is 7.93. The molecule has 2 atom stereocenters. The highest BCUT2D eigenvalue weighted by Crippen LogP contribution is 2.38. The zero-order valence-corrected chi connectivity index (χ0v) is 15.8. The Hall–Kier alpha value is -1.93. The first-order valence-corrected chi connectivity index (χ1v) is 9.93. The van der Waals surface area contributed by atoms with Crippen LogP contribution in [-0.2, 0) is 9.53 Å². The number of carbonyl (C=O) groups excluding carboxylic acids is 2. The largest absolute Gasteiger partial charge is 0.448 e. The molecule has 4 heterocycles. The molecule has 4 rings (SSSR count). The van der Waals surface area contributed by atoms with Gasteiger partial charge in [0, 0.05) is 31.8 Å². The molecule has 0 aromatic carbocycles. The molecular weight excluding hydrogens is 348 g/mol. The number of aryl methyl sites for hydroxylation is 1. The molecule has 0 saturated carbocycles. The zero-order valence-electron chi connectivity index (χ0n) is 15.8. The Bertz CT molecular complexity index is 700. The highest BCUT2D eigenvalue weighted by molar-refractivity contribution is 5.93. The summed E-state index contributed by atoms with van der Waals surface area (Å²) in [5.74, 6) is 0.393. The lowest BCUT2D eigenvalue weighted by molar-refractivity contribution is -0.135. The summed E-state index contributed by atoms with van der Waals surface area (Å²) in [6, 6.07) is 0.128. The number of amides is 2. The van der Waals surface area contributed by atoms with Crippen molar-refractivity contribution < 1.29 is 18.7 Å². The first-order valence-electron chi connectivity index (χ1n) is 9.93. The number of aromatic nitrogens is 1. The summed E-state index contributed by atoms with van der Waals surface area (Å²) in [4.78, 5) is 32.0. The molecule has 0 radical (unpaired) electrons. The normalized spacial score (nSPS) is 29.3. The van der Waals surface area contributed by atoms with Gasteiger partial charge in [-0.3, -0.25) is 14.5 Å². The number of hydrogen-bond donors (Lipinski definition) is 2. The summed E-state index contributed by atoms with van der Waals surface area (Å²) >= 11 is 0. The number of piperidine rings is 1. The first-order chi connectivity index (χ1) is 13.1. The van der Waals surface area contributed by atoms with Crippen molar-refractivity contribution in [3.05, 3.63) is 17.8 Å². The van der Waals surface area contributed by atoms with E-state index in [1.54, 1.807) is 6.92 Å². The molecule has 8 heteroatoms. The van der Waals surface area contributed by atoms with Gasteiger partial charge in [0.15, 0.2) is 12.1 Å². The maximum atomic E-state index is 13.3. The Morgan fingerprint density at radius 2 is 2.04 bits per heavy atom. The molecule has 3 saturated heterocycles. The second-order valence-corrected chi connectivity index (χ2v) is 7.93. The molecule has 3 fully saturated rings. The Morgan fingerprint density at radius 3 is 2.78 bits per heavy atom. The van der Waals surface area contributed by atoms with Gasteiger partial charge in [0.25, 0.3) is 5.91 Å². The van der Waals surface area contributed by atoms with E-state index in [1.165, 1.54) is 6.39 Å². The van der Waals surface area contributed by atoms with Crippen LogP contribution >= 0.6 is 0 Å². The van der Waals surface area contributed by atoms with Crippen molar-refractivity contribution in [2.24, 2.45) is 0 Å². The fourth-order valence-electron chi connectivity index (χ4n) is 4.71. The Morgan fingerprint density at radius 1 is 1.22 bits per heavy atom. The molecule has 2 amide bonds. The van der Waals surface area contributed by atoms with E-state index >= 15 is 0 Å². The van der Waals surface area contributed by atoms with Gasteiger partial charge in [-0.15, -0.1) is 0 Å². The molecule has 148 valence electrons. The van der Waals surface area contributed by atoms with Gasteiger partial charge in [0.2, 0.25) is 5.91 Å². The van der Waals surface area contributed by atoms with Crippen LogP contribution in [0.3, 0.4) is 0 Å². The lowest BCUT2D eigenvalue weighted by Crippen LogP contribution is -2.59. The monoisotopic (exact) mass is 376 g/mol. The number of fused-ring (bicyclic) bond motifs is 1. The quantitative estimate of drug-likeness (QED) is 0.814. The van der Waals surface area contributed by atoms with Crippen molar-refractivity contribution >= 4 is 11.8 Å². The summed E-state index contributed by atoms with van der Waals surface area (Å²) in [7, 11) is 0. The lowest BCUT2D eigenvalue weighted by atomic mass is 9.84. The topological polar surface area (TPSA) is 96.7 Å². The van der Waals surface area contributed by atoms with E-state index in [1.807, 2.05) is 0 Å². The van der Waals surface area contributed by atoms with Gasteiger partial charge < -0.3 is 19.8 Å². The molecular formula is C19H28N4O4. The van der Waals surface area contributed by atoms with E-state index in [0.717, 1.165) is 38.6 Å². The van der Waals surface area contributed by atoms with E-state index in [9.17, 15) is 9.59 Å². The van der Waals surface area contributed by atoms with E-state index in [4.69, 9.17) is 9.15 Å². The molecule has 0 aliphatic carbocycles. The van der Waals surface area contributed by atoms with Gasteiger partial charge in [-0.25, -0.2) is 4.98 Å². The van der Waals surface area contributed by atoms with Crippen LogP contribution in [0.15, 0.2) is 10.8 Å². The van der Waals surface area contributed by atoms with Crippen LogP contribution in [0.5, 0.6) is 0 Å². The van der Waals surface area contributed by atoms with Crippen LogP contribution in [0, 0.1) is 6.92 Å². The first kappa shape index (κ1) is 18.4. The average molecular weight is 376 g/mol. The van der Waals surface area contributed by atoms with E-state index in [0.29, 0.717) is 37.6 Å². The summed E-state index contributed by atoms with van der Waals surface area (Å²) in [6.07, 6.45) is 6.64. The van der Waals surface area contributed by atoms with Crippen LogP contribution < -0.4 is 10.6 Å². The predicted octanol–water partition coefficient (Wildman–Crippen LogP) is 1.01. The van der Waals surface area contributed by atoms with Gasteiger partial charge in [-0.05, 0) is 52.0 Å². The van der Waals surface area contributed by atoms with Crippen LogP contribution in [0.4, 0.5) is 0 Å². The van der Waals surface area contributed by atoms with Crippen LogP contribution in [0.1, 0.15) is 54.8 Å². The summed E-state index contributed by atoms with van der Waals surface area (Å²) in [5, 5.41) is 6.32. The number of oxazole rings is 1. The second kappa shape index (κ2) is 7.59. The highest BCUT2D eigenvalue weighted by Gasteiger charge is 2.52. The van der Waals surface area contributed by atoms with Gasteiger partial charge in [-0.2, -0.15) is 0 Å². The molecule has 0 spiro atoms. The minimum atomic E-state index is -0.507. The molecule has 27 heavy (non-hydrogen) atoms. The third-order valence-corrected chi connectivity index (χ3v) is 6.17. The van der Waals surface area contributed by atoms with Crippen LogP contribution in [-0.4, -0.2) is 65.6 Å². The number of hydrogen-bond acceptors (Lipinski definition) is 6. The van der Waals surface area contributed by atoms with E-state index in [-0.39, 0.29) is 23.9 Å². The molecule has 0 bridgehead atoms. The average Bonchev–Trinajstić information content (AvgIpc) is 3.26. The van der Waals surface area contributed by atoms with Gasteiger partial charge in [0.1, 0.15) is 11.3 Å². The molecule has 3 aliphatic heterocycles. The fraction of sp³-hybridized carbons (Fsp3) is 0.737. The predicted molar refractivity (Wildman–Crippen MR) is 97.2 cm³/mol. The molecule has 3 aliphatic rings. The zero-order chi connectivity index (χ0) is 18.9. The minimum absolute atomic E-state index is 0.0628. The summed E-state index contributed by atoms with van der Waals surface area (Å²) in [6.45, 7) is 4.73. The van der Waals surface area contributed by atoms with Crippen molar-refractivity contribution in [3.63, 3.8) is 0 Å². The van der Waals surface area contributed by atoms with Gasteiger partial charge in [-0.1, -0.05) is 0 Å². The SMILES string of the molecule is Cc1ocnc1C(=O)N[C@@H]1CN2CCCC[C@@]2(C(=O)NC2CCOCC2)C1. The Balaban J connectivity index is 1.45. The molecule has 8 nitrogen and oxygen atoms in total. The minimum Gasteiger partial charge on any atom is -0.448 e. The number of nitrogens with one attached hydrogen (secondary N) is 2. The van der Waals surface area contributed by atoms with Crippen molar-refractivity contribution in [2.45, 2.75) is 63.1 Å². The summed E-state index contributed by atoms with van der Waals surface area (Å²) < 4.78 is 10.5. The fourth-order valence-corrected chi connectivity index (χ4v) is 4.71. The molecule has 1 aromatic rings. The number of carbonyl (C=O) groups is 2. The van der Waals surface area contributed by atoms with Crippen molar-refractivity contribution in [2.75, 3.05) is 26.3 Å². The third-order valence-electron chi connectivity index (χ3n) is 6.17. The number of rotatable bonds is 4. The Labute approximate surface area is 159 Å². The van der Waals surface area contributed by atoms with Crippen LogP contribution in [0.25, 0.3) is 0 Å². The number of nitrogens with zero attached hydrogens (tertiary/aromatic N) is 2.